The molecule has 2 rings (SSSR count). The Kier molecular flexibility index (Phi) is 2.64. The van der Waals surface area contributed by atoms with Crippen LogP contribution in [0.2, 0.25) is 0 Å². The Labute approximate surface area is 90.5 Å². The molecular weight excluding hydrogens is 217 g/mol. The van der Waals surface area contributed by atoms with E-state index in [1.165, 1.54) is 0 Å². The van der Waals surface area contributed by atoms with E-state index in [1.54, 1.807) is 6.92 Å². The number of aromatic nitrogens is 2. The van der Waals surface area contributed by atoms with Crippen molar-refractivity contribution in [3.8, 4) is 0 Å². The Morgan fingerprint density at radius 3 is 3.00 bits per heavy atom. The van der Waals surface area contributed by atoms with Crippen LogP contribution in [0.5, 0.6) is 0 Å². The Morgan fingerprint density at radius 2 is 2.44 bits per heavy atom. The van der Waals surface area contributed by atoms with Crippen molar-refractivity contribution < 1.29 is 14.2 Å². The summed E-state index contributed by atoms with van der Waals surface area (Å²) in [5.41, 5.74) is 4.41. The van der Waals surface area contributed by atoms with E-state index < -0.39 is 29.7 Å². The highest BCUT2D eigenvalue weighted by Gasteiger charge is 2.33. The van der Waals surface area contributed by atoms with Gasteiger partial charge < -0.3 is 15.6 Å². The minimum absolute atomic E-state index is 0.187. The number of rotatable bonds is 1. The summed E-state index contributed by atoms with van der Waals surface area (Å²) in [5, 5.41) is 9.63. The summed E-state index contributed by atoms with van der Waals surface area (Å²) in [4.78, 5) is 14.7. The van der Waals surface area contributed by atoms with Gasteiger partial charge in [-0.15, -0.1) is 0 Å². The highest BCUT2D eigenvalue weighted by atomic mass is 19.1. The zero-order valence-electron chi connectivity index (χ0n) is 8.63. The van der Waals surface area contributed by atoms with Crippen LogP contribution in [0.15, 0.2) is 11.0 Å². The maximum absolute atomic E-state index is 13.2. The molecule has 0 unspecified atom stereocenters. The average molecular weight is 229 g/mol. The molecule has 0 bridgehead atoms. The molecule has 1 aromatic heterocycles. The molecule has 3 N–H and O–H groups in total. The second kappa shape index (κ2) is 3.84. The Morgan fingerprint density at radius 1 is 1.75 bits per heavy atom. The van der Waals surface area contributed by atoms with E-state index in [-0.39, 0.29) is 6.10 Å². The molecule has 1 aliphatic rings. The molecule has 0 saturated carbocycles. The molecule has 1 aromatic rings. The molecule has 0 aliphatic carbocycles. The van der Waals surface area contributed by atoms with E-state index in [2.05, 4.69) is 4.98 Å². The van der Waals surface area contributed by atoms with E-state index in [0.717, 1.165) is 10.8 Å². The van der Waals surface area contributed by atoms with E-state index in [0.29, 0.717) is 6.42 Å². The normalized spacial score (nSPS) is 29.6. The van der Waals surface area contributed by atoms with Gasteiger partial charge in [-0.3, -0.25) is 4.57 Å². The molecule has 0 radical (unpaired) electrons. The highest BCUT2D eigenvalue weighted by Crippen LogP contribution is 2.27. The maximum Gasteiger partial charge on any atom is 0.351 e. The summed E-state index contributed by atoms with van der Waals surface area (Å²) < 4.78 is 19.4. The second-order valence-corrected chi connectivity index (χ2v) is 3.80. The molecule has 1 saturated heterocycles. The summed E-state index contributed by atoms with van der Waals surface area (Å²) in [6, 6.07) is 0. The zero-order chi connectivity index (χ0) is 11.9. The third-order valence-electron chi connectivity index (χ3n) is 2.48. The van der Waals surface area contributed by atoms with Crippen molar-refractivity contribution in [2.45, 2.75) is 31.8 Å². The van der Waals surface area contributed by atoms with Gasteiger partial charge in [0.05, 0.1) is 12.3 Å². The summed E-state index contributed by atoms with van der Waals surface area (Å²) in [7, 11) is 0. The Balaban J connectivity index is 2.41. The van der Waals surface area contributed by atoms with Crippen molar-refractivity contribution in [3.05, 3.63) is 22.5 Å². The first-order valence-electron chi connectivity index (χ1n) is 4.86. The lowest BCUT2D eigenvalue weighted by Crippen LogP contribution is -2.32. The SMILES string of the molecule is C[C@@H]1C[C@@H](O)[C@H](n2cc(F)c(N)nc2=O)O1. The van der Waals surface area contributed by atoms with Crippen molar-refractivity contribution in [1.29, 1.82) is 0 Å². The number of halogens is 1. The van der Waals surface area contributed by atoms with Crippen LogP contribution in [-0.4, -0.2) is 26.9 Å². The molecule has 7 heteroatoms. The van der Waals surface area contributed by atoms with Gasteiger partial charge in [0, 0.05) is 6.42 Å². The first-order chi connectivity index (χ1) is 7.49. The molecule has 88 valence electrons. The van der Waals surface area contributed by atoms with Gasteiger partial charge in [-0.05, 0) is 6.92 Å². The van der Waals surface area contributed by atoms with Gasteiger partial charge in [-0.1, -0.05) is 0 Å². The molecule has 1 aliphatic heterocycles. The number of hydrogen-bond acceptors (Lipinski definition) is 5. The molecule has 1 fully saturated rings. The van der Waals surface area contributed by atoms with Gasteiger partial charge in [0.25, 0.3) is 0 Å². The summed E-state index contributed by atoms with van der Waals surface area (Å²) in [6.45, 7) is 1.76. The van der Waals surface area contributed by atoms with Crippen LogP contribution in [0.25, 0.3) is 0 Å². The maximum atomic E-state index is 13.2. The van der Waals surface area contributed by atoms with Gasteiger partial charge in [-0.2, -0.15) is 4.98 Å². The molecule has 16 heavy (non-hydrogen) atoms. The number of aliphatic hydroxyl groups excluding tert-OH is 1. The van der Waals surface area contributed by atoms with E-state index in [9.17, 15) is 14.3 Å². The Bertz CT molecular complexity index is 462. The first-order valence-corrected chi connectivity index (χ1v) is 4.86. The second-order valence-electron chi connectivity index (χ2n) is 3.80. The number of nitrogen functional groups attached to an aromatic ring is 1. The van der Waals surface area contributed by atoms with Crippen LogP contribution in [0.1, 0.15) is 19.6 Å². The largest absolute Gasteiger partial charge is 0.388 e. The van der Waals surface area contributed by atoms with Crippen molar-refractivity contribution >= 4 is 5.82 Å². The van der Waals surface area contributed by atoms with E-state index in [1.807, 2.05) is 0 Å². The predicted molar refractivity (Wildman–Crippen MR) is 53.1 cm³/mol. The van der Waals surface area contributed by atoms with Crippen LogP contribution in [-0.2, 0) is 4.74 Å². The van der Waals surface area contributed by atoms with Crippen LogP contribution in [0.3, 0.4) is 0 Å². The van der Waals surface area contributed by atoms with Crippen LogP contribution >= 0.6 is 0 Å². The topological polar surface area (TPSA) is 90.4 Å². The number of nitrogens with zero attached hydrogens (tertiary/aromatic N) is 2. The minimum Gasteiger partial charge on any atom is -0.388 e. The van der Waals surface area contributed by atoms with Gasteiger partial charge in [0.1, 0.15) is 6.10 Å². The van der Waals surface area contributed by atoms with Crippen LogP contribution in [0.4, 0.5) is 10.2 Å². The standard InChI is InChI=1S/C9H12FN3O3/c1-4-2-6(14)8(16-4)13-3-5(10)7(11)12-9(13)15/h3-4,6,8,14H,2H2,1H3,(H2,11,12,15)/t4-,6-,8-/m1/s1. The number of hydrogen-bond donors (Lipinski definition) is 2. The van der Waals surface area contributed by atoms with Crippen LogP contribution < -0.4 is 11.4 Å². The smallest absolute Gasteiger partial charge is 0.351 e. The van der Waals surface area contributed by atoms with Gasteiger partial charge in [-0.25, -0.2) is 9.18 Å². The van der Waals surface area contributed by atoms with Crippen molar-refractivity contribution in [2.24, 2.45) is 0 Å². The number of aliphatic hydroxyl groups is 1. The summed E-state index contributed by atoms with van der Waals surface area (Å²) in [5.74, 6) is -1.27. The fourth-order valence-corrected chi connectivity index (χ4v) is 1.73. The van der Waals surface area contributed by atoms with Gasteiger partial charge >= 0.3 is 5.69 Å². The molecule has 0 amide bonds. The lowest BCUT2D eigenvalue weighted by Gasteiger charge is -2.16. The van der Waals surface area contributed by atoms with Gasteiger partial charge in [0.2, 0.25) is 0 Å². The number of nitrogens with two attached hydrogens (primary N) is 1. The first kappa shape index (κ1) is 11.0. The third-order valence-corrected chi connectivity index (χ3v) is 2.48. The summed E-state index contributed by atoms with van der Waals surface area (Å²) >= 11 is 0. The quantitative estimate of drug-likeness (QED) is 0.685. The summed E-state index contributed by atoms with van der Waals surface area (Å²) in [6.07, 6.45) is -0.644. The van der Waals surface area contributed by atoms with Crippen LogP contribution in [0, 0.1) is 5.82 Å². The van der Waals surface area contributed by atoms with Crippen molar-refractivity contribution in [3.63, 3.8) is 0 Å². The molecule has 0 spiro atoms. The van der Waals surface area contributed by atoms with Gasteiger partial charge in [0.15, 0.2) is 17.9 Å². The molecule has 2 heterocycles. The number of anilines is 1. The van der Waals surface area contributed by atoms with Crippen molar-refractivity contribution in [1.82, 2.24) is 9.55 Å². The highest BCUT2D eigenvalue weighted by molar-refractivity contribution is 5.26. The average Bonchev–Trinajstić information content (AvgIpc) is 2.51. The molecule has 0 aromatic carbocycles. The minimum atomic E-state index is -0.898. The molecular formula is C9H12FN3O3. The predicted octanol–water partition coefficient (Wildman–Crippen LogP) is -0.367. The van der Waals surface area contributed by atoms with E-state index >= 15 is 0 Å². The molecule has 3 atom stereocenters. The fraction of sp³-hybridized carbons (Fsp3) is 0.556. The third kappa shape index (κ3) is 1.79. The van der Waals surface area contributed by atoms with Crippen molar-refractivity contribution in [2.75, 3.05) is 5.73 Å². The fourth-order valence-electron chi connectivity index (χ4n) is 1.73. The molecule has 6 nitrogen and oxygen atoms in total. The number of ether oxygens (including phenoxy) is 1. The monoisotopic (exact) mass is 229 g/mol. The Hall–Kier alpha value is -1.47. The lowest BCUT2D eigenvalue weighted by molar-refractivity contribution is -0.0352. The lowest BCUT2D eigenvalue weighted by atomic mass is 10.2. The van der Waals surface area contributed by atoms with E-state index in [4.69, 9.17) is 10.5 Å². The zero-order valence-corrected chi connectivity index (χ0v) is 8.63.